The quantitative estimate of drug-likeness (QED) is 0.473. The molecule has 140 valence electrons. The number of hydrogen-bond donors (Lipinski definition) is 0. The molecule has 0 bridgehead atoms. The van der Waals surface area contributed by atoms with Gasteiger partial charge < -0.3 is 4.57 Å². The highest BCUT2D eigenvalue weighted by Gasteiger charge is 2.26. The highest BCUT2D eigenvalue weighted by molar-refractivity contribution is 7.17. The van der Waals surface area contributed by atoms with Gasteiger partial charge in [0.25, 0.3) is 5.56 Å². The van der Waals surface area contributed by atoms with Crippen LogP contribution in [-0.2, 0) is 0 Å². The normalized spacial score (nSPS) is 14.4. The van der Waals surface area contributed by atoms with E-state index in [4.69, 9.17) is 0 Å². The first-order chi connectivity index (χ1) is 13.6. The Bertz CT molecular complexity index is 1260. The standard InChI is InChI=1S/C22H20N4OS/c1-14-10-17(15(2)26(14)18-8-9-18)11-24-25-13-23-21-20(22(25)27)19(12-28-21)16-6-4-3-5-7-16/h3-7,10-13,18H,8-9H2,1-2H3/b24-11-. The van der Waals surface area contributed by atoms with E-state index in [1.165, 1.54) is 46.6 Å². The maximum atomic E-state index is 13.1. The summed E-state index contributed by atoms with van der Waals surface area (Å²) in [4.78, 5) is 18.3. The van der Waals surface area contributed by atoms with E-state index >= 15 is 0 Å². The van der Waals surface area contributed by atoms with Gasteiger partial charge >= 0.3 is 0 Å². The van der Waals surface area contributed by atoms with Crippen molar-refractivity contribution in [1.29, 1.82) is 0 Å². The second-order valence-corrected chi connectivity index (χ2v) is 8.12. The van der Waals surface area contributed by atoms with Gasteiger partial charge in [0.2, 0.25) is 0 Å². The molecule has 0 spiro atoms. The van der Waals surface area contributed by atoms with Crippen molar-refractivity contribution in [3.05, 3.63) is 75.4 Å². The van der Waals surface area contributed by atoms with Gasteiger partial charge in [0.1, 0.15) is 11.2 Å². The second kappa shape index (κ2) is 6.56. The highest BCUT2D eigenvalue weighted by Crippen LogP contribution is 2.38. The van der Waals surface area contributed by atoms with Crippen LogP contribution in [-0.4, -0.2) is 20.4 Å². The Kier molecular flexibility index (Phi) is 4.02. The average Bonchev–Trinajstić information content (AvgIpc) is 3.36. The number of rotatable bonds is 4. The molecule has 28 heavy (non-hydrogen) atoms. The lowest BCUT2D eigenvalue weighted by molar-refractivity contribution is 0.699. The molecular formula is C22H20N4OS. The Morgan fingerprint density at radius 2 is 2.00 bits per heavy atom. The molecule has 1 saturated carbocycles. The van der Waals surface area contributed by atoms with Gasteiger partial charge in [0.05, 0.1) is 11.6 Å². The van der Waals surface area contributed by atoms with Crippen molar-refractivity contribution >= 4 is 27.8 Å². The van der Waals surface area contributed by atoms with Gasteiger partial charge in [-0.25, -0.2) is 4.98 Å². The number of thiophene rings is 1. The number of nitrogens with zero attached hydrogens (tertiary/aromatic N) is 4. The molecule has 0 amide bonds. The Morgan fingerprint density at radius 3 is 2.75 bits per heavy atom. The topological polar surface area (TPSA) is 52.2 Å². The molecule has 1 fully saturated rings. The molecule has 5 nitrogen and oxygen atoms in total. The molecule has 0 saturated heterocycles. The lowest BCUT2D eigenvalue weighted by Gasteiger charge is -2.06. The summed E-state index contributed by atoms with van der Waals surface area (Å²) in [7, 11) is 0. The minimum atomic E-state index is -0.141. The molecule has 0 aliphatic heterocycles. The van der Waals surface area contributed by atoms with Gasteiger partial charge in [-0.2, -0.15) is 9.78 Å². The zero-order chi connectivity index (χ0) is 19.3. The van der Waals surface area contributed by atoms with Crippen LogP contribution in [0.15, 0.2) is 58.0 Å². The number of hydrogen-bond acceptors (Lipinski definition) is 4. The monoisotopic (exact) mass is 388 g/mol. The van der Waals surface area contributed by atoms with Crippen LogP contribution in [0.4, 0.5) is 0 Å². The molecule has 6 heteroatoms. The average molecular weight is 388 g/mol. The molecule has 1 aliphatic carbocycles. The molecule has 0 radical (unpaired) electrons. The van der Waals surface area contributed by atoms with E-state index in [-0.39, 0.29) is 5.56 Å². The molecule has 0 unspecified atom stereocenters. The first-order valence-electron chi connectivity index (χ1n) is 9.40. The Labute approximate surface area is 166 Å². The van der Waals surface area contributed by atoms with Gasteiger partial charge in [-0.3, -0.25) is 4.79 Å². The highest BCUT2D eigenvalue weighted by atomic mass is 32.1. The van der Waals surface area contributed by atoms with Crippen molar-refractivity contribution in [3.63, 3.8) is 0 Å². The summed E-state index contributed by atoms with van der Waals surface area (Å²) in [5.74, 6) is 0. The number of aromatic nitrogens is 3. The van der Waals surface area contributed by atoms with Crippen molar-refractivity contribution in [2.75, 3.05) is 0 Å². The van der Waals surface area contributed by atoms with E-state index in [0.29, 0.717) is 11.4 Å². The Hall–Kier alpha value is -2.99. The number of aryl methyl sites for hydroxylation is 1. The number of fused-ring (bicyclic) bond motifs is 1. The van der Waals surface area contributed by atoms with Gasteiger partial charge in [-0.15, -0.1) is 11.3 Å². The van der Waals surface area contributed by atoms with E-state index < -0.39 is 0 Å². The lowest BCUT2D eigenvalue weighted by Crippen LogP contribution is -2.16. The zero-order valence-corrected chi connectivity index (χ0v) is 16.6. The fourth-order valence-electron chi connectivity index (χ4n) is 3.79. The third kappa shape index (κ3) is 2.81. The van der Waals surface area contributed by atoms with Gasteiger partial charge in [-0.1, -0.05) is 30.3 Å². The van der Waals surface area contributed by atoms with E-state index in [1.54, 1.807) is 6.21 Å². The van der Waals surface area contributed by atoms with Crippen LogP contribution in [0.1, 0.15) is 35.8 Å². The largest absolute Gasteiger partial charge is 0.345 e. The van der Waals surface area contributed by atoms with Crippen LogP contribution >= 0.6 is 11.3 Å². The van der Waals surface area contributed by atoms with Crippen LogP contribution in [0.25, 0.3) is 21.3 Å². The molecule has 3 aromatic heterocycles. The van der Waals surface area contributed by atoms with Crippen LogP contribution < -0.4 is 5.56 Å². The lowest BCUT2D eigenvalue weighted by atomic mass is 10.1. The van der Waals surface area contributed by atoms with Crippen molar-refractivity contribution in [3.8, 4) is 11.1 Å². The molecule has 5 rings (SSSR count). The van der Waals surface area contributed by atoms with E-state index in [0.717, 1.165) is 21.5 Å². The maximum Gasteiger partial charge on any atom is 0.283 e. The molecule has 0 atom stereocenters. The minimum Gasteiger partial charge on any atom is -0.345 e. The summed E-state index contributed by atoms with van der Waals surface area (Å²) in [6.07, 6.45) is 5.76. The molecule has 4 aromatic rings. The fourth-order valence-corrected chi connectivity index (χ4v) is 4.69. The number of benzene rings is 1. The summed E-state index contributed by atoms with van der Waals surface area (Å²) in [6.45, 7) is 4.24. The van der Waals surface area contributed by atoms with Crippen molar-refractivity contribution in [1.82, 2.24) is 14.2 Å². The third-order valence-electron chi connectivity index (χ3n) is 5.32. The fraction of sp³-hybridized carbons (Fsp3) is 0.227. The van der Waals surface area contributed by atoms with Crippen LogP contribution in [0.3, 0.4) is 0 Å². The van der Waals surface area contributed by atoms with Crippen LogP contribution in [0, 0.1) is 13.8 Å². The summed E-state index contributed by atoms with van der Waals surface area (Å²) in [6, 6.07) is 12.7. The predicted molar refractivity (Wildman–Crippen MR) is 114 cm³/mol. The van der Waals surface area contributed by atoms with E-state index in [1.807, 2.05) is 35.7 Å². The summed E-state index contributed by atoms with van der Waals surface area (Å²) >= 11 is 1.48. The van der Waals surface area contributed by atoms with Crippen molar-refractivity contribution in [2.24, 2.45) is 5.10 Å². The summed E-state index contributed by atoms with van der Waals surface area (Å²) in [5, 5.41) is 7.06. The SMILES string of the molecule is Cc1cc(/C=N\n2cnc3scc(-c4ccccc4)c3c2=O)c(C)n1C1CC1. The third-order valence-corrected chi connectivity index (χ3v) is 6.21. The van der Waals surface area contributed by atoms with Crippen LogP contribution in [0.2, 0.25) is 0 Å². The molecule has 3 heterocycles. The Morgan fingerprint density at radius 1 is 1.21 bits per heavy atom. The Balaban J connectivity index is 1.57. The first kappa shape index (κ1) is 17.1. The van der Waals surface area contributed by atoms with E-state index in [2.05, 4.69) is 34.6 Å². The predicted octanol–water partition coefficient (Wildman–Crippen LogP) is 4.76. The first-order valence-corrected chi connectivity index (χ1v) is 10.3. The van der Waals surface area contributed by atoms with Crippen molar-refractivity contribution < 1.29 is 0 Å². The van der Waals surface area contributed by atoms with Gasteiger partial charge in [0.15, 0.2) is 0 Å². The zero-order valence-electron chi connectivity index (χ0n) is 15.8. The minimum absolute atomic E-state index is 0.141. The summed E-state index contributed by atoms with van der Waals surface area (Å²) < 4.78 is 3.71. The molecule has 1 aromatic carbocycles. The maximum absolute atomic E-state index is 13.1. The van der Waals surface area contributed by atoms with Crippen LogP contribution in [0.5, 0.6) is 0 Å². The second-order valence-electron chi connectivity index (χ2n) is 7.26. The summed E-state index contributed by atoms with van der Waals surface area (Å²) in [5.41, 5.74) is 5.28. The van der Waals surface area contributed by atoms with Gasteiger partial charge in [0, 0.05) is 33.9 Å². The molecular weight excluding hydrogens is 368 g/mol. The molecule has 0 N–H and O–H groups in total. The van der Waals surface area contributed by atoms with Gasteiger partial charge in [-0.05, 0) is 38.3 Å². The molecule has 1 aliphatic rings. The van der Waals surface area contributed by atoms with Crippen molar-refractivity contribution in [2.45, 2.75) is 32.7 Å². The smallest absolute Gasteiger partial charge is 0.283 e. The van der Waals surface area contributed by atoms with E-state index in [9.17, 15) is 4.79 Å².